The van der Waals surface area contributed by atoms with E-state index in [4.69, 9.17) is 0 Å². The summed E-state index contributed by atoms with van der Waals surface area (Å²) in [5.41, 5.74) is 0. The van der Waals surface area contributed by atoms with Crippen molar-refractivity contribution in [3.05, 3.63) is 24.7 Å². The van der Waals surface area contributed by atoms with Gasteiger partial charge in [0, 0.05) is 39.3 Å². The van der Waals surface area contributed by atoms with E-state index in [2.05, 4.69) is 30.0 Å². The Kier molecular flexibility index (Phi) is 4.77. The lowest BCUT2D eigenvalue weighted by molar-refractivity contribution is 0.382. The summed E-state index contributed by atoms with van der Waals surface area (Å²) in [6.07, 6.45) is 6.41. The van der Waals surface area contributed by atoms with Crippen molar-refractivity contribution in [2.45, 2.75) is 24.3 Å². The van der Waals surface area contributed by atoms with Crippen molar-refractivity contribution in [1.29, 1.82) is 0 Å². The predicted molar refractivity (Wildman–Crippen MR) is 97.7 cm³/mol. The van der Waals surface area contributed by atoms with Gasteiger partial charge in [-0.15, -0.1) is 10.2 Å². The number of imidazole rings is 1. The van der Waals surface area contributed by atoms with Gasteiger partial charge < -0.3 is 14.8 Å². The molecule has 0 radical (unpaired) electrons. The van der Waals surface area contributed by atoms with E-state index in [-0.39, 0.29) is 5.03 Å². The lowest BCUT2D eigenvalue weighted by Crippen LogP contribution is -2.49. The van der Waals surface area contributed by atoms with Crippen LogP contribution < -0.4 is 9.80 Å². The van der Waals surface area contributed by atoms with Gasteiger partial charge in [0.1, 0.15) is 0 Å². The molecule has 4 rings (SSSR count). The van der Waals surface area contributed by atoms with Gasteiger partial charge in [-0.2, -0.15) is 4.31 Å². The normalized spacial score (nSPS) is 19.7. The van der Waals surface area contributed by atoms with Crippen molar-refractivity contribution in [1.82, 2.24) is 24.5 Å². The third-order valence-corrected chi connectivity index (χ3v) is 6.79. The third kappa shape index (κ3) is 3.38. The van der Waals surface area contributed by atoms with E-state index >= 15 is 0 Å². The van der Waals surface area contributed by atoms with Crippen molar-refractivity contribution in [2.75, 3.05) is 49.1 Å². The Hall–Kier alpha value is -2.20. The van der Waals surface area contributed by atoms with Gasteiger partial charge in [-0.05, 0) is 31.4 Å². The number of aromatic nitrogens is 4. The van der Waals surface area contributed by atoms with Crippen molar-refractivity contribution in [2.24, 2.45) is 0 Å². The maximum atomic E-state index is 12.5. The summed E-state index contributed by atoms with van der Waals surface area (Å²) in [6, 6.07) is 4.00. The van der Waals surface area contributed by atoms with Crippen LogP contribution in [0, 0.1) is 0 Å². The highest BCUT2D eigenvalue weighted by atomic mass is 32.2. The zero-order chi connectivity index (χ0) is 18.0. The smallest absolute Gasteiger partial charge is 0.260 e. The van der Waals surface area contributed by atoms with E-state index in [1.807, 2.05) is 12.1 Å². The monoisotopic (exact) mass is 377 g/mol. The fraction of sp³-hybridized carbons (Fsp3) is 0.562. The molecule has 4 heterocycles. The van der Waals surface area contributed by atoms with Crippen molar-refractivity contribution in [3.8, 4) is 0 Å². The Labute approximate surface area is 153 Å². The number of piperidine rings is 1. The van der Waals surface area contributed by atoms with Crippen LogP contribution in [0.3, 0.4) is 0 Å². The first kappa shape index (κ1) is 17.2. The molecule has 26 heavy (non-hydrogen) atoms. The highest BCUT2D eigenvalue weighted by Crippen LogP contribution is 2.21. The van der Waals surface area contributed by atoms with Crippen molar-refractivity contribution >= 4 is 21.7 Å². The number of H-pyrrole nitrogens is 1. The predicted octanol–water partition coefficient (Wildman–Crippen LogP) is 0.701. The standard InChI is InChI=1S/C16H23N7O2S/c24-26(25,16-12-17-13-18-16)23-10-8-22(9-11-23)15-5-4-14(19-20-15)21-6-2-1-3-7-21/h4-5,12-13H,1-3,6-11H2,(H,17,18). The van der Waals surface area contributed by atoms with Gasteiger partial charge >= 0.3 is 0 Å². The molecule has 0 bridgehead atoms. The molecule has 10 heteroatoms. The number of hydrogen-bond acceptors (Lipinski definition) is 7. The van der Waals surface area contributed by atoms with E-state index in [9.17, 15) is 8.42 Å². The molecule has 140 valence electrons. The lowest BCUT2D eigenvalue weighted by Gasteiger charge is -2.34. The minimum absolute atomic E-state index is 0.136. The molecule has 0 unspecified atom stereocenters. The molecule has 0 saturated carbocycles. The number of piperazine rings is 1. The van der Waals surface area contributed by atoms with Gasteiger partial charge in [-0.3, -0.25) is 0 Å². The molecule has 2 fully saturated rings. The first-order valence-electron chi connectivity index (χ1n) is 8.97. The molecule has 0 amide bonds. The van der Waals surface area contributed by atoms with Crippen LogP contribution in [-0.2, 0) is 10.0 Å². The van der Waals surface area contributed by atoms with Gasteiger partial charge in [-0.1, -0.05) is 0 Å². The molecular formula is C16H23N7O2S. The Bertz CT molecular complexity index is 809. The second-order valence-electron chi connectivity index (χ2n) is 6.60. The highest BCUT2D eigenvalue weighted by molar-refractivity contribution is 7.89. The van der Waals surface area contributed by atoms with Gasteiger partial charge in [-0.25, -0.2) is 13.4 Å². The zero-order valence-electron chi connectivity index (χ0n) is 14.6. The Morgan fingerprint density at radius 1 is 0.846 bits per heavy atom. The first-order chi connectivity index (χ1) is 12.6. The SMILES string of the molecule is O=S(=O)(c1cnc[nH]1)N1CCN(c2ccc(N3CCCCC3)nn2)CC1. The van der Waals surface area contributed by atoms with Crippen LogP contribution in [0.5, 0.6) is 0 Å². The molecule has 2 aromatic rings. The van der Waals surface area contributed by atoms with Gasteiger partial charge in [0.25, 0.3) is 10.0 Å². The third-order valence-electron chi connectivity index (χ3n) is 4.97. The zero-order valence-corrected chi connectivity index (χ0v) is 15.4. The van der Waals surface area contributed by atoms with Gasteiger partial charge in [0.2, 0.25) is 0 Å². The molecule has 2 aliphatic rings. The molecule has 2 saturated heterocycles. The Morgan fingerprint density at radius 2 is 1.46 bits per heavy atom. The maximum Gasteiger partial charge on any atom is 0.260 e. The summed E-state index contributed by atoms with van der Waals surface area (Å²) in [7, 11) is -3.50. The van der Waals surface area contributed by atoms with Crippen LogP contribution in [0.15, 0.2) is 29.7 Å². The molecule has 0 atom stereocenters. The summed E-state index contributed by atoms with van der Waals surface area (Å²) in [5.74, 6) is 1.72. The van der Waals surface area contributed by atoms with Crippen molar-refractivity contribution in [3.63, 3.8) is 0 Å². The summed E-state index contributed by atoms with van der Waals surface area (Å²) in [6.45, 7) is 4.08. The minimum atomic E-state index is -3.50. The van der Waals surface area contributed by atoms with Crippen LogP contribution in [0.25, 0.3) is 0 Å². The summed E-state index contributed by atoms with van der Waals surface area (Å²) >= 11 is 0. The molecular weight excluding hydrogens is 354 g/mol. The van der Waals surface area contributed by atoms with Crippen LogP contribution in [-0.4, -0.2) is 72.2 Å². The number of nitrogens with one attached hydrogen (secondary N) is 1. The van der Waals surface area contributed by atoms with Crippen LogP contribution in [0.2, 0.25) is 0 Å². The largest absolute Gasteiger partial charge is 0.355 e. The average molecular weight is 377 g/mol. The molecule has 0 spiro atoms. The van der Waals surface area contributed by atoms with E-state index in [0.29, 0.717) is 26.2 Å². The molecule has 1 N–H and O–H groups in total. The second-order valence-corrected chi connectivity index (χ2v) is 8.51. The summed E-state index contributed by atoms with van der Waals surface area (Å²) in [5, 5.41) is 8.88. The number of aromatic amines is 1. The number of hydrogen-bond donors (Lipinski definition) is 1. The number of sulfonamides is 1. The van der Waals surface area contributed by atoms with E-state index in [0.717, 1.165) is 24.7 Å². The van der Waals surface area contributed by atoms with Crippen LogP contribution in [0.4, 0.5) is 11.6 Å². The van der Waals surface area contributed by atoms with E-state index < -0.39 is 10.0 Å². The van der Waals surface area contributed by atoms with Crippen molar-refractivity contribution < 1.29 is 8.42 Å². The topological polar surface area (TPSA) is 98.3 Å². The van der Waals surface area contributed by atoms with Gasteiger partial charge in [0.05, 0.1) is 12.5 Å². The Morgan fingerprint density at radius 3 is 2.00 bits per heavy atom. The summed E-state index contributed by atoms with van der Waals surface area (Å²) in [4.78, 5) is 10.8. The number of nitrogens with zero attached hydrogens (tertiary/aromatic N) is 6. The van der Waals surface area contributed by atoms with Crippen LogP contribution >= 0.6 is 0 Å². The lowest BCUT2D eigenvalue weighted by atomic mass is 10.1. The second kappa shape index (κ2) is 7.20. The molecule has 0 aromatic carbocycles. The Balaban J connectivity index is 1.39. The molecule has 0 aliphatic carbocycles. The molecule has 2 aromatic heterocycles. The average Bonchev–Trinajstić information content (AvgIpc) is 3.25. The minimum Gasteiger partial charge on any atom is -0.355 e. The molecule has 9 nitrogen and oxygen atoms in total. The first-order valence-corrected chi connectivity index (χ1v) is 10.4. The maximum absolute atomic E-state index is 12.5. The number of anilines is 2. The van der Waals surface area contributed by atoms with E-state index in [1.165, 1.54) is 36.1 Å². The fourth-order valence-corrected chi connectivity index (χ4v) is 4.78. The quantitative estimate of drug-likeness (QED) is 0.837. The number of rotatable bonds is 4. The van der Waals surface area contributed by atoms with Crippen LogP contribution in [0.1, 0.15) is 19.3 Å². The fourth-order valence-electron chi connectivity index (χ4n) is 3.46. The highest BCUT2D eigenvalue weighted by Gasteiger charge is 2.30. The molecule has 2 aliphatic heterocycles. The van der Waals surface area contributed by atoms with E-state index in [1.54, 1.807) is 0 Å². The van der Waals surface area contributed by atoms with Gasteiger partial charge in [0.15, 0.2) is 16.7 Å². The summed E-state index contributed by atoms with van der Waals surface area (Å²) < 4.78 is 26.5.